The number of nitrogens with one attached hydrogen (secondary N) is 1. The fourth-order valence-electron chi connectivity index (χ4n) is 4.06. The highest BCUT2D eigenvalue weighted by Crippen LogP contribution is 2.42. The molecule has 0 radical (unpaired) electrons. The van der Waals surface area contributed by atoms with Crippen molar-refractivity contribution in [1.82, 2.24) is 5.32 Å². The maximum atomic E-state index is 3.91. The zero-order valence-corrected chi connectivity index (χ0v) is 14.2. The molecule has 118 valence electrons. The van der Waals surface area contributed by atoms with Crippen LogP contribution in [0.1, 0.15) is 64.9 Å². The van der Waals surface area contributed by atoms with Gasteiger partial charge in [-0.15, -0.1) is 0 Å². The Morgan fingerprint density at radius 2 is 1.76 bits per heavy atom. The van der Waals surface area contributed by atoms with Gasteiger partial charge in [-0.1, -0.05) is 63.9 Å². The van der Waals surface area contributed by atoms with Gasteiger partial charge in [-0.3, -0.25) is 0 Å². The minimum atomic E-state index is 0.582. The van der Waals surface area contributed by atoms with Gasteiger partial charge in [-0.2, -0.15) is 0 Å². The third-order valence-electron chi connectivity index (χ3n) is 5.09. The summed E-state index contributed by atoms with van der Waals surface area (Å²) >= 11 is 0. The first-order valence-corrected chi connectivity index (χ1v) is 8.91. The summed E-state index contributed by atoms with van der Waals surface area (Å²) in [6, 6.07) is 11.5. The Kier molecular flexibility index (Phi) is 6.29. The van der Waals surface area contributed by atoms with Gasteiger partial charge in [0.05, 0.1) is 0 Å². The molecule has 1 aliphatic rings. The zero-order valence-electron chi connectivity index (χ0n) is 14.2. The van der Waals surface area contributed by atoms with Crippen LogP contribution in [-0.4, -0.2) is 12.6 Å². The summed E-state index contributed by atoms with van der Waals surface area (Å²) in [7, 11) is 0. The second-order valence-electron chi connectivity index (χ2n) is 7.48. The van der Waals surface area contributed by atoms with Crippen LogP contribution in [0.3, 0.4) is 0 Å². The predicted molar refractivity (Wildman–Crippen MR) is 92.6 cm³/mol. The van der Waals surface area contributed by atoms with Gasteiger partial charge >= 0.3 is 0 Å². The normalized spacial score (nSPS) is 19.0. The van der Waals surface area contributed by atoms with Crippen LogP contribution in [0.4, 0.5) is 0 Å². The van der Waals surface area contributed by atoms with Crippen LogP contribution in [-0.2, 0) is 6.42 Å². The summed E-state index contributed by atoms with van der Waals surface area (Å²) in [6.07, 6.45) is 9.50. The molecule has 0 aliphatic heterocycles. The van der Waals surface area contributed by atoms with E-state index >= 15 is 0 Å². The Bertz CT molecular complexity index is 390. The minimum Gasteiger partial charge on any atom is -0.313 e. The fraction of sp³-hybridized carbons (Fsp3) is 0.700. The number of rotatable bonds is 8. The first kappa shape index (κ1) is 16.5. The zero-order chi connectivity index (χ0) is 15.1. The standard InChI is InChI=1S/C20H33N/c1-4-19(14-18-10-6-5-7-11-18)21-16-20(15-17(2)3)12-8-9-13-20/h5-7,10-11,17,19,21H,4,8-9,12-16H2,1-3H3. The third-order valence-corrected chi connectivity index (χ3v) is 5.09. The van der Waals surface area contributed by atoms with Crippen LogP contribution in [0.5, 0.6) is 0 Å². The van der Waals surface area contributed by atoms with Crippen molar-refractivity contribution in [3.8, 4) is 0 Å². The Hall–Kier alpha value is -0.820. The predicted octanol–water partition coefficient (Wildman–Crippen LogP) is 5.20. The Morgan fingerprint density at radius 3 is 2.33 bits per heavy atom. The highest BCUT2D eigenvalue weighted by Gasteiger charge is 2.34. The molecule has 1 saturated carbocycles. The Labute approximate surface area is 131 Å². The van der Waals surface area contributed by atoms with Gasteiger partial charge in [0.15, 0.2) is 0 Å². The smallest absolute Gasteiger partial charge is 0.0105 e. The molecule has 0 bridgehead atoms. The SMILES string of the molecule is CCC(Cc1ccccc1)NCC1(CC(C)C)CCCC1. The second-order valence-corrected chi connectivity index (χ2v) is 7.48. The second kappa shape index (κ2) is 7.98. The number of benzene rings is 1. The van der Waals surface area contributed by atoms with Crippen molar-refractivity contribution in [3.05, 3.63) is 35.9 Å². The molecular formula is C20H33N. The summed E-state index contributed by atoms with van der Waals surface area (Å²) < 4.78 is 0. The molecule has 1 atom stereocenters. The van der Waals surface area contributed by atoms with Gasteiger partial charge < -0.3 is 5.32 Å². The quantitative estimate of drug-likeness (QED) is 0.692. The van der Waals surface area contributed by atoms with Crippen LogP contribution in [0, 0.1) is 11.3 Å². The van der Waals surface area contributed by atoms with Gasteiger partial charge in [0.25, 0.3) is 0 Å². The average molecular weight is 287 g/mol. The lowest BCUT2D eigenvalue weighted by Crippen LogP contribution is -2.40. The molecule has 2 rings (SSSR count). The van der Waals surface area contributed by atoms with Crippen LogP contribution < -0.4 is 5.32 Å². The summed E-state index contributed by atoms with van der Waals surface area (Å²) in [4.78, 5) is 0. The van der Waals surface area contributed by atoms with Crippen molar-refractivity contribution >= 4 is 0 Å². The lowest BCUT2D eigenvalue weighted by Gasteiger charge is -2.33. The summed E-state index contributed by atoms with van der Waals surface area (Å²) in [5.74, 6) is 0.819. The van der Waals surface area contributed by atoms with Crippen LogP contribution in [0.2, 0.25) is 0 Å². The maximum Gasteiger partial charge on any atom is 0.0105 e. The minimum absolute atomic E-state index is 0.582. The highest BCUT2D eigenvalue weighted by molar-refractivity contribution is 5.15. The molecule has 0 spiro atoms. The molecule has 0 aromatic heterocycles. The molecule has 1 aromatic carbocycles. The molecule has 1 aliphatic carbocycles. The van der Waals surface area contributed by atoms with E-state index in [2.05, 4.69) is 56.4 Å². The van der Waals surface area contributed by atoms with Crippen molar-refractivity contribution in [1.29, 1.82) is 0 Å². The van der Waals surface area contributed by atoms with Crippen LogP contribution in [0.25, 0.3) is 0 Å². The van der Waals surface area contributed by atoms with E-state index in [9.17, 15) is 0 Å². The number of hydrogen-bond acceptors (Lipinski definition) is 1. The van der Waals surface area contributed by atoms with Crippen molar-refractivity contribution < 1.29 is 0 Å². The first-order valence-electron chi connectivity index (χ1n) is 8.91. The van der Waals surface area contributed by atoms with Crippen molar-refractivity contribution in [3.63, 3.8) is 0 Å². The van der Waals surface area contributed by atoms with Crippen molar-refractivity contribution in [2.75, 3.05) is 6.54 Å². The topological polar surface area (TPSA) is 12.0 Å². The van der Waals surface area contributed by atoms with Crippen LogP contribution >= 0.6 is 0 Å². The molecule has 0 heterocycles. The van der Waals surface area contributed by atoms with Gasteiger partial charge in [-0.25, -0.2) is 0 Å². The van der Waals surface area contributed by atoms with Gasteiger partial charge in [0.1, 0.15) is 0 Å². The molecule has 1 aromatic rings. The molecule has 1 N–H and O–H groups in total. The lowest BCUT2D eigenvalue weighted by atomic mass is 9.78. The highest BCUT2D eigenvalue weighted by atomic mass is 14.9. The molecular weight excluding hydrogens is 254 g/mol. The third kappa shape index (κ3) is 5.14. The Balaban J connectivity index is 1.89. The van der Waals surface area contributed by atoms with E-state index in [1.165, 1.54) is 50.6 Å². The molecule has 1 heteroatoms. The maximum absolute atomic E-state index is 3.91. The average Bonchev–Trinajstić information content (AvgIpc) is 2.92. The van der Waals surface area contributed by atoms with Crippen molar-refractivity contribution in [2.24, 2.45) is 11.3 Å². The lowest BCUT2D eigenvalue weighted by molar-refractivity contribution is 0.213. The summed E-state index contributed by atoms with van der Waals surface area (Å²) in [5, 5.41) is 3.91. The monoisotopic (exact) mass is 287 g/mol. The largest absolute Gasteiger partial charge is 0.313 e. The van der Waals surface area contributed by atoms with E-state index in [4.69, 9.17) is 0 Å². The molecule has 0 saturated heterocycles. The summed E-state index contributed by atoms with van der Waals surface area (Å²) in [6.45, 7) is 8.28. The Morgan fingerprint density at radius 1 is 1.10 bits per heavy atom. The van der Waals surface area contributed by atoms with E-state index in [1.807, 2.05) is 0 Å². The molecule has 1 unspecified atom stereocenters. The van der Waals surface area contributed by atoms with E-state index in [1.54, 1.807) is 0 Å². The van der Waals surface area contributed by atoms with Crippen molar-refractivity contribution in [2.45, 2.75) is 71.8 Å². The van der Waals surface area contributed by atoms with Gasteiger partial charge in [0, 0.05) is 12.6 Å². The van der Waals surface area contributed by atoms with Crippen LogP contribution in [0.15, 0.2) is 30.3 Å². The van der Waals surface area contributed by atoms with E-state index in [0.29, 0.717) is 11.5 Å². The number of hydrogen-bond donors (Lipinski definition) is 1. The molecule has 1 nitrogen and oxygen atoms in total. The summed E-state index contributed by atoms with van der Waals surface area (Å²) in [5.41, 5.74) is 2.04. The molecule has 21 heavy (non-hydrogen) atoms. The van der Waals surface area contributed by atoms with Gasteiger partial charge in [0.2, 0.25) is 0 Å². The fourth-order valence-corrected chi connectivity index (χ4v) is 4.06. The first-order chi connectivity index (χ1) is 10.1. The molecule has 0 amide bonds. The van der Waals surface area contributed by atoms with Gasteiger partial charge in [-0.05, 0) is 49.0 Å². The molecule has 1 fully saturated rings. The van der Waals surface area contributed by atoms with E-state index < -0.39 is 0 Å². The van der Waals surface area contributed by atoms with E-state index in [0.717, 1.165) is 12.3 Å². The van der Waals surface area contributed by atoms with E-state index in [-0.39, 0.29) is 0 Å².